The van der Waals surface area contributed by atoms with Crippen LogP contribution in [0, 0.1) is 0 Å². The van der Waals surface area contributed by atoms with Crippen LogP contribution in [0.1, 0.15) is 31.2 Å². The molecule has 1 N–H and O–H groups in total. The van der Waals surface area contributed by atoms with Crippen LogP contribution in [0.3, 0.4) is 0 Å². The van der Waals surface area contributed by atoms with E-state index in [4.69, 9.17) is 4.74 Å². The molecule has 1 saturated carbocycles. The Hall–Kier alpha value is -0.930. The van der Waals surface area contributed by atoms with Gasteiger partial charge in [-0.1, -0.05) is 18.9 Å². The van der Waals surface area contributed by atoms with Crippen LogP contribution in [0.5, 0.6) is 0 Å². The quantitative estimate of drug-likeness (QED) is 0.746. The van der Waals surface area contributed by atoms with Gasteiger partial charge in [-0.2, -0.15) is 0 Å². The molecular weight excluding hydrogens is 200 g/mol. The van der Waals surface area contributed by atoms with Crippen LogP contribution in [0.2, 0.25) is 0 Å². The molecule has 1 heterocycles. The number of aromatic nitrogens is 1. The first-order valence-electron chi connectivity index (χ1n) is 6.16. The standard InChI is InChI=1S/C13H20N2O/c1-2-6-13(5-1)16-9-8-15-11-12-4-3-7-14-10-12/h3-4,7,10,13,15H,1-2,5-6,8-9,11H2. The van der Waals surface area contributed by atoms with Crippen molar-refractivity contribution in [2.75, 3.05) is 13.2 Å². The van der Waals surface area contributed by atoms with Crippen LogP contribution in [0.25, 0.3) is 0 Å². The van der Waals surface area contributed by atoms with E-state index in [9.17, 15) is 0 Å². The molecule has 0 amide bonds. The Kier molecular flexibility index (Phi) is 4.77. The fourth-order valence-corrected chi connectivity index (χ4v) is 2.09. The van der Waals surface area contributed by atoms with E-state index in [0.29, 0.717) is 6.10 Å². The van der Waals surface area contributed by atoms with Crippen LogP contribution in [-0.2, 0) is 11.3 Å². The largest absolute Gasteiger partial charge is 0.377 e. The number of nitrogens with one attached hydrogen (secondary N) is 1. The van der Waals surface area contributed by atoms with E-state index in [1.165, 1.54) is 31.2 Å². The Bertz CT molecular complexity index is 283. The van der Waals surface area contributed by atoms with Gasteiger partial charge in [-0.25, -0.2) is 0 Å². The van der Waals surface area contributed by atoms with E-state index in [0.717, 1.165) is 19.7 Å². The molecule has 0 atom stereocenters. The van der Waals surface area contributed by atoms with Crippen molar-refractivity contribution in [2.24, 2.45) is 0 Å². The first kappa shape index (κ1) is 11.6. The zero-order chi connectivity index (χ0) is 11.1. The minimum absolute atomic E-state index is 0.528. The zero-order valence-corrected chi connectivity index (χ0v) is 9.69. The lowest BCUT2D eigenvalue weighted by atomic mass is 10.3. The molecule has 3 heteroatoms. The smallest absolute Gasteiger partial charge is 0.0594 e. The van der Waals surface area contributed by atoms with Gasteiger partial charge in [0, 0.05) is 25.5 Å². The lowest BCUT2D eigenvalue weighted by Gasteiger charge is -2.11. The maximum absolute atomic E-state index is 5.76. The van der Waals surface area contributed by atoms with Gasteiger partial charge in [0.15, 0.2) is 0 Å². The molecule has 1 aromatic heterocycles. The Morgan fingerprint density at radius 3 is 3.00 bits per heavy atom. The summed E-state index contributed by atoms with van der Waals surface area (Å²) in [4.78, 5) is 4.08. The highest BCUT2D eigenvalue weighted by Gasteiger charge is 2.14. The average Bonchev–Trinajstić information content (AvgIpc) is 2.83. The van der Waals surface area contributed by atoms with E-state index in [1.54, 1.807) is 6.20 Å². The third-order valence-electron chi connectivity index (χ3n) is 2.99. The number of pyridine rings is 1. The second-order valence-electron chi connectivity index (χ2n) is 4.32. The summed E-state index contributed by atoms with van der Waals surface area (Å²) in [6.45, 7) is 2.62. The van der Waals surface area contributed by atoms with E-state index < -0.39 is 0 Å². The van der Waals surface area contributed by atoms with E-state index >= 15 is 0 Å². The maximum atomic E-state index is 5.76. The molecule has 1 aromatic rings. The summed E-state index contributed by atoms with van der Waals surface area (Å²) < 4.78 is 5.76. The first-order chi connectivity index (χ1) is 7.95. The Labute approximate surface area is 97.2 Å². The van der Waals surface area contributed by atoms with Crippen molar-refractivity contribution in [1.82, 2.24) is 10.3 Å². The van der Waals surface area contributed by atoms with Crippen molar-refractivity contribution in [3.8, 4) is 0 Å². The molecule has 3 nitrogen and oxygen atoms in total. The molecule has 0 saturated heterocycles. The Balaban J connectivity index is 1.52. The topological polar surface area (TPSA) is 34.2 Å². The van der Waals surface area contributed by atoms with Gasteiger partial charge in [-0.3, -0.25) is 4.98 Å². The second kappa shape index (κ2) is 6.61. The third kappa shape index (κ3) is 3.91. The van der Waals surface area contributed by atoms with Crippen molar-refractivity contribution < 1.29 is 4.74 Å². The SMILES string of the molecule is c1cncc(CNCCOC2CCCC2)c1. The van der Waals surface area contributed by atoms with E-state index in [2.05, 4.69) is 16.4 Å². The molecule has 1 aliphatic rings. The minimum Gasteiger partial charge on any atom is -0.377 e. The average molecular weight is 220 g/mol. The maximum Gasteiger partial charge on any atom is 0.0594 e. The van der Waals surface area contributed by atoms with E-state index in [1.807, 2.05) is 12.3 Å². The predicted octanol–water partition coefficient (Wildman–Crippen LogP) is 2.13. The summed E-state index contributed by atoms with van der Waals surface area (Å²) in [7, 11) is 0. The third-order valence-corrected chi connectivity index (χ3v) is 2.99. The molecule has 1 fully saturated rings. The molecule has 16 heavy (non-hydrogen) atoms. The van der Waals surface area contributed by atoms with Crippen molar-refractivity contribution in [3.63, 3.8) is 0 Å². The van der Waals surface area contributed by atoms with Gasteiger partial charge in [-0.05, 0) is 24.5 Å². The highest BCUT2D eigenvalue weighted by atomic mass is 16.5. The number of rotatable bonds is 6. The Morgan fingerprint density at radius 2 is 2.25 bits per heavy atom. The van der Waals surface area contributed by atoms with Crippen LogP contribution in [0.15, 0.2) is 24.5 Å². The summed E-state index contributed by atoms with van der Waals surface area (Å²) >= 11 is 0. The van der Waals surface area contributed by atoms with Crippen LogP contribution in [-0.4, -0.2) is 24.2 Å². The number of ether oxygens (including phenoxy) is 1. The summed E-state index contributed by atoms with van der Waals surface area (Å²) in [5.74, 6) is 0. The summed E-state index contributed by atoms with van der Waals surface area (Å²) in [6, 6.07) is 4.05. The Morgan fingerprint density at radius 1 is 1.38 bits per heavy atom. The van der Waals surface area contributed by atoms with Crippen molar-refractivity contribution in [2.45, 2.75) is 38.3 Å². The molecular formula is C13H20N2O. The molecule has 0 unspecified atom stereocenters. The molecule has 0 aliphatic heterocycles. The highest BCUT2D eigenvalue weighted by Crippen LogP contribution is 2.20. The van der Waals surface area contributed by atoms with Gasteiger partial charge in [0.05, 0.1) is 12.7 Å². The van der Waals surface area contributed by atoms with Gasteiger partial charge >= 0.3 is 0 Å². The molecule has 0 spiro atoms. The lowest BCUT2D eigenvalue weighted by molar-refractivity contribution is 0.0602. The minimum atomic E-state index is 0.528. The van der Waals surface area contributed by atoms with Crippen LogP contribution < -0.4 is 5.32 Å². The lowest BCUT2D eigenvalue weighted by Crippen LogP contribution is -2.21. The normalized spacial score (nSPS) is 16.8. The summed E-state index contributed by atoms with van der Waals surface area (Å²) in [6.07, 6.45) is 9.41. The first-order valence-corrected chi connectivity index (χ1v) is 6.16. The van der Waals surface area contributed by atoms with Gasteiger partial charge in [0.1, 0.15) is 0 Å². The fraction of sp³-hybridized carbons (Fsp3) is 0.615. The van der Waals surface area contributed by atoms with Crippen LogP contribution in [0.4, 0.5) is 0 Å². The number of nitrogens with zero attached hydrogens (tertiary/aromatic N) is 1. The van der Waals surface area contributed by atoms with E-state index in [-0.39, 0.29) is 0 Å². The molecule has 0 bridgehead atoms. The molecule has 2 rings (SSSR count). The van der Waals surface area contributed by atoms with Gasteiger partial charge in [-0.15, -0.1) is 0 Å². The highest BCUT2D eigenvalue weighted by molar-refractivity contribution is 5.07. The van der Waals surface area contributed by atoms with Crippen molar-refractivity contribution in [3.05, 3.63) is 30.1 Å². The second-order valence-corrected chi connectivity index (χ2v) is 4.32. The molecule has 88 valence electrons. The summed E-state index contributed by atoms with van der Waals surface area (Å²) in [5.41, 5.74) is 1.23. The monoisotopic (exact) mass is 220 g/mol. The molecule has 1 aliphatic carbocycles. The summed E-state index contributed by atoms with van der Waals surface area (Å²) in [5, 5.41) is 3.36. The van der Waals surface area contributed by atoms with Gasteiger partial charge < -0.3 is 10.1 Å². The molecule has 0 radical (unpaired) electrons. The number of hydrogen-bond acceptors (Lipinski definition) is 3. The van der Waals surface area contributed by atoms with Crippen molar-refractivity contribution >= 4 is 0 Å². The van der Waals surface area contributed by atoms with Crippen molar-refractivity contribution in [1.29, 1.82) is 0 Å². The zero-order valence-electron chi connectivity index (χ0n) is 9.69. The van der Waals surface area contributed by atoms with Crippen LogP contribution >= 0.6 is 0 Å². The van der Waals surface area contributed by atoms with Gasteiger partial charge in [0.2, 0.25) is 0 Å². The predicted molar refractivity (Wildman–Crippen MR) is 64.2 cm³/mol. The van der Waals surface area contributed by atoms with Gasteiger partial charge in [0.25, 0.3) is 0 Å². The molecule has 0 aromatic carbocycles. The number of hydrogen-bond donors (Lipinski definition) is 1. The fourth-order valence-electron chi connectivity index (χ4n) is 2.09.